The summed E-state index contributed by atoms with van der Waals surface area (Å²) in [4.78, 5) is 8.27. The van der Waals surface area contributed by atoms with Gasteiger partial charge < -0.3 is 15.0 Å². The van der Waals surface area contributed by atoms with Crippen molar-refractivity contribution < 1.29 is 4.74 Å². The number of methoxy groups -OCH3 is 1. The highest BCUT2D eigenvalue weighted by Gasteiger charge is 2.24. The molecule has 0 saturated heterocycles. The van der Waals surface area contributed by atoms with Gasteiger partial charge in [-0.1, -0.05) is 0 Å². The quantitative estimate of drug-likeness (QED) is 0.813. The van der Waals surface area contributed by atoms with Crippen molar-refractivity contribution in [3.05, 3.63) is 17.3 Å². The van der Waals surface area contributed by atoms with E-state index in [9.17, 15) is 0 Å². The Morgan fingerprint density at radius 1 is 1.52 bits per heavy atom. The van der Waals surface area contributed by atoms with Gasteiger partial charge in [0, 0.05) is 43.9 Å². The zero-order valence-electron chi connectivity index (χ0n) is 13.0. The van der Waals surface area contributed by atoms with E-state index in [2.05, 4.69) is 40.0 Å². The third-order valence-corrected chi connectivity index (χ3v) is 4.66. The van der Waals surface area contributed by atoms with Crippen molar-refractivity contribution in [1.29, 1.82) is 0 Å². The minimum Gasteiger partial charge on any atom is -0.383 e. The highest BCUT2D eigenvalue weighted by molar-refractivity contribution is 7.15. The molecule has 21 heavy (non-hydrogen) atoms. The summed E-state index contributed by atoms with van der Waals surface area (Å²) in [7, 11) is 1.75. The van der Waals surface area contributed by atoms with E-state index in [1.165, 1.54) is 18.5 Å². The summed E-state index contributed by atoms with van der Waals surface area (Å²) in [6.07, 6.45) is 4.73. The number of thiazole rings is 1. The number of fused-ring (bicyclic) bond motifs is 1. The monoisotopic (exact) mass is 308 g/mol. The lowest BCUT2D eigenvalue weighted by atomic mass is 10.3. The van der Waals surface area contributed by atoms with Gasteiger partial charge in [-0.15, -0.1) is 11.3 Å². The van der Waals surface area contributed by atoms with Crippen LogP contribution >= 0.6 is 11.3 Å². The predicted molar refractivity (Wildman–Crippen MR) is 87.3 cm³/mol. The second kappa shape index (κ2) is 6.34. The van der Waals surface area contributed by atoms with Crippen molar-refractivity contribution in [2.24, 2.45) is 0 Å². The molecule has 6 heteroatoms. The third kappa shape index (κ3) is 3.22. The maximum absolute atomic E-state index is 5.26. The normalized spacial score (nSPS) is 15.2. The van der Waals surface area contributed by atoms with E-state index in [1.807, 2.05) is 0 Å². The Balaban J connectivity index is 1.89. The molecule has 0 aliphatic heterocycles. The topological polar surface area (TPSA) is 41.8 Å². The largest absolute Gasteiger partial charge is 0.383 e. The molecule has 2 aromatic heterocycles. The Morgan fingerprint density at radius 2 is 2.33 bits per heavy atom. The first-order valence-corrected chi connectivity index (χ1v) is 8.52. The molecule has 116 valence electrons. The summed E-state index contributed by atoms with van der Waals surface area (Å²) >= 11 is 1.69. The minimum absolute atomic E-state index is 0.407. The molecule has 5 nitrogen and oxygen atoms in total. The molecule has 2 aromatic rings. The van der Waals surface area contributed by atoms with Crippen LogP contribution in [0.4, 0.5) is 5.82 Å². The number of anilines is 1. The molecule has 0 bridgehead atoms. The van der Waals surface area contributed by atoms with E-state index in [0.29, 0.717) is 12.1 Å². The molecule has 1 aliphatic rings. The van der Waals surface area contributed by atoms with Crippen LogP contribution in [0.15, 0.2) is 11.6 Å². The van der Waals surface area contributed by atoms with Gasteiger partial charge in [0.05, 0.1) is 12.3 Å². The molecule has 1 aliphatic carbocycles. The fraction of sp³-hybridized carbons (Fsp3) is 0.667. The van der Waals surface area contributed by atoms with E-state index < -0.39 is 0 Å². The van der Waals surface area contributed by atoms with Crippen LogP contribution in [0.2, 0.25) is 0 Å². The van der Waals surface area contributed by atoms with Gasteiger partial charge in [0.2, 0.25) is 0 Å². The van der Waals surface area contributed by atoms with E-state index >= 15 is 0 Å². The molecular weight excluding hydrogens is 284 g/mol. The molecule has 0 aromatic carbocycles. The lowest BCUT2D eigenvalue weighted by Gasteiger charge is -2.27. The lowest BCUT2D eigenvalue weighted by Crippen LogP contribution is -2.35. The molecule has 1 fully saturated rings. The molecule has 1 N–H and O–H groups in total. The molecule has 0 unspecified atom stereocenters. The van der Waals surface area contributed by atoms with E-state index in [1.54, 1.807) is 18.4 Å². The standard InChI is InChI=1S/C15H24N4OS/c1-11(2)18(6-8-20-3)14-13(10-16-12-4-5-12)19-7-9-21-15(19)17-14/h7,9,11-12,16H,4-6,8,10H2,1-3H3. The van der Waals surface area contributed by atoms with Crippen LogP contribution < -0.4 is 10.2 Å². The highest BCUT2D eigenvalue weighted by atomic mass is 32.1. The highest BCUT2D eigenvalue weighted by Crippen LogP contribution is 2.27. The van der Waals surface area contributed by atoms with Gasteiger partial charge in [-0.25, -0.2) is 4.98 Å². The molecule has 0 amide bonds. The van der Waals surface area contributed by atoms with Crippen molar-refractivity contribution in [1.82, 2.24) is 14.7 Å². The minimum atomic E-state index is 0.407. The van der Waals surface area contributed by atoms with Gasteiger partial charge in [0.15, 0.2) is 10.8 Å². The summed E-state index contributed by atoms with van der Waals surface area (Å²) < 4.78 is 7.48. The van der Waals surface area contributed by atoms with E-state index in [4.69, 9.17) is 9.72 Å². The van der Waals surface area contributed by atoms with Crippen LogP contribution in [0.1, 0.15) is 32.4 Å². The first-order valence-electron chi connectivity index (χ1n) is 7.64. The maximum Gasteiger partial charge on any atom is 0.195 e. The van der Waals surface area contributed by atoms with Gasteiger partial charge in [-0.3, -0.25) is 4.40 Å². The second-order valence-corrected chi connectivity index (χ2v) is 6.75. The van der Waals surface area contributed by atoms with Crippen LogP contribution in [0.25, 0.3) is 4.96 Å². The van der Waals surface area contributed by atoms with Crippen LogP contribution in [-0.4, -0.2) is 41.7 Å². The molecule has 0 radical (unpaired) electrons. The van der Waals surface area contributed by atoms with Crippen LogP contribution in [-0.2, 0) is 11.3 Å². The molecule has 0 atom stereocenters. The Bertz CT molecular complexity index is 588. The number of imidazole rings is 1. The van der Waals surface area contributed by atoms with Crippen molar-refractivity contribution >= 4 is 22.1 Å². The van der Waals surface area contributed by atoms with Crippen molar-refractivity contribution in [3.8, 4) is 0 Å². The maximum atomic E-state index is 5.26. The van der Waals surface area contributed by atoms with Crippen LogP contribution in [0.3, 0.4) is 0 Å². The molecule has 2 heterocycles. The lowest BCUT2D eigenvalue weighted by molar-refractivity contribution is 0.203. The summed E-state index contributed by atoms with van der Waals surface area (Å²) in [5.74, 6) is 1.10. The number of rotatable bonds is 8. The fourth-order valence-electron chi connectivity index (χ4n) is 2.54. The zero-order chi connectivity index (χ0) is 14.8. The number of nitrogens with one attached hydrogen (secondary N) is 1. The molecule has 3 rings (SSSR count). The van der Waals surface area contributed by atoms with Gasteiger partial charge >= 0.3 is 0 Å². The van der Waals surface area contributed by atoms with E-state index in [0.717, 1.165) is 30.5 Å². The summed E-state index contributed by atoms with van der Waals surface area (Å²) in [6.45, 7) is 6.89. The van der Waals surface area contributed by atoms with E-state index in [-0.39, 0.29) is 0 Å². The predicted octanol–water partition coefficient (Wildman–Crippen LogP) is 2.51. The Hall–Kier alpha value is -1.11. The summed E-state index contributed by atoms with van der Waals surface area (Å²) in [5, 5.41) is 5.72. The molecule has 0 spiro atoms. The number of aromatic nitrogens is 2. The Labute approximate surface area is 129 Å². The molecular formula is C15H24N4OS. The average molecular weight is 308 g/mol. The van der Waals surface area contributed by atoms with Gasteiger partial charge in [-0.05, 0) is 26.7 Å². The summed E-state index contributed by atoms with van der Waals surface area (Å²) in [5.41, 5.74) is 1.27. The summed E-state index contributed by atoms with van der Waals surface area (Å²) in [6, 6.07) is 1.11. The number of ether oxygens (including phenoxy) is 1. The van der Waals surface area contributed by atoms with Crippen molar-refractivity contribution in [2.75, 3.05) is 25.2 Å². The van der Waals surface area contributed by atoms with Crippen molar-refractivity contribution in [2.45, 2.75) is 45.3 Å². The number of hydrogen-bond donors (Lipinski definition) is 1. The average Bonchev–Trinajstić information content (AvgIpc) is 3.06. The SMILES string of the molecule is COCCN(c1nc2sccn2c1CNC1CC1)C(C)C. The van der Waals surface area contributed by atoms with Crippen LogP contribution in [0.5, 0.6) is 0 Å². The first-order chi connectivity index (χ1) is 10.2. The second-order valence-electron chi connectivity index (χ2n) is 5.87. The number of hydrogen-bond acceptors (Lipinski definition) is 5. The smallest absolute Gasteiger partial charge is 0.195 e. The van der Waals surface area contributed by atoms with Crippen LogP contribution in [0, 0.1) is 0 Å². The molecule has 1 saturated carbocycles. The van der Waals surface area contributed by atoms with Gasteiger partial charge in [0.1, 0.15) is 0 Å². The fourth-order valence-corrected chi connectivity index (χ4v) is 3.27. The van der Waals surface area contributed by atoms with Gasteiger partial charge in [-0.2, -0.15) is 0 Å². The third-order valence-electron chi connectivity index (χ3n) is 3.91. The van der Waals surface area contributed by atoms with Crippen molar-refractivity contribution in [3.63, 3.8) is 0 Å². The Morgan fingerprint density at radius 3 is 3.00 bits per heavy atom. The first kappa shape index (κ1) is 14.8. The zero-order valence-corrected chi connectivity index (χ0v) is 13.8. The van der Waals surface area contributed by atoms with Gasteiger partial charge in [0.25, 0.3) is 0 Å². The number of nitrogens with zero attached hydrogens (tertiary/aromatic N) is 3. The Kier molecular flexibility index (Phi) is 4.47.